The molecule has 1 saturated heterocycles. The first kappa shape index (κ1) is 19.8. The Balaban J connectivity index is 1.41. The molecular weight excluding hydrogens is 382 g/mol. The molecule has 0 saturated carbocycles. The molecule has 0 bridgehead atoms. The van der Waals surface area contributed by atoms with Gasteiger partial charge in [-0.25, -0.2) is 9.48 Å². The molecule has 1 aromatic carbocycles. The van der Waals surface area contributed by atoms with Crippen molar-refractivity contribution in [2.75, 3.05) is 13.1 Å². The molecule has 8 nitrogen and oxygen atoms in total. The number of benzene rings is 1. The number of likely N-dealkylation sites (tertiary alicyclic amines) is 1. The minimum Gasteiger partial charge on any atom is -0.478 e. The first-order valence-electron chi connectivity index (χ1n) is 10.0. The summed E-state index contributed by atoms with van der Waals surface area (Å²) in [5, 5.41) is 17.5. The summed E-state index contributed by atoms with van der Waals surface area (Å²) >= 11 is 0. The van der Waals surface area contributed by atoms with Gasteiger partial charge in [0, 0.05) is 25.7 Å². The summed E-state index contributed by atoms with van der Waals surface area (Å²) < 4.78 is 1.76. The van der Waals surface area contributed by atoms with Crippen molar-refractivity contribution in [3.63, 3.8) is 0 Å². The van der Waals surface area contributed by atoms with Gasteiger partial charge in [0.15, 0.2) is 0 Å². The van der Waals surface area contributed by atoms with Gasteiger partial charge in [-0.05, 0) is 37.0 Å². The normalized spacial score (nSPS) is 16.4. The minimum atomic E-state index is -1.01. The van der Waals surface area contributed by atoms with Crippen LogP contribution in [-0.4, -0.2) is 55.0 Å². The van der Waals surface area contributed by atoms with Crippen LogP contribution in [0.25, 0.3) is 11.4 Å². The summed E-state index contributed by atoms with van der Waals surface area (Å²) in [5.41, 5.74) is 2.30. The first-order chi connectivity index (χ1) is 14.6. The minimum absolute atomic E-state index is 0.0448. The highest BCUT2D eigenvalue weighted by Crippen LogP contribution is 2.24. The summed E-state index contributed by atoms with van der Waals surface area (Å²) in [6.07, 6.45) is 6.27. The van der Waals surface area contributed by atoms with Crippen LogP contribution >= 0.6 is 0 Å². The van der Waals surface area contributed by atoms with Crippen LogP contribution < -0.4 is 0 Å². The maximum atomic E-state index is 12.7. The number of hydrogen-bond acceptors (Lipinski definition) is 5. The Labute approximate surface area is 174 Å². The quantitative estimate of drug-likeness (QED) is 0.677. The molecule has 3 heterocycles. The Kier molecular flexibility index (Phi) is 5.83. The Morgan fingerprint density at radius 2 is 1.97 bits per heavy atom. The van der Waals surface area contributed by atoms with Gasteiger partial charge in [0.1, 0.15) is 5.69 Å². The zero-order valence-corrected chi connectivity index (χ0v) is 16.5. The number of aromatic nitrogens is 4. The van der Waals surface area contributed by atoms with E-state index in [1.807, 2.05) is 35.2 Å². The highest BCUT2D eigenvalue weighted by molar-refractivity contribution is 5.88. The molecule has 154 valence electrons. The number of rotatable bonds is 6. The van der Waals surface area contributed by atoms with Crippen LogP contribution in [0.2, 0.25) is 0 Å². The van der Waals surface area contributed by atoms with Gasteiger partial charge in [-0.3, -0.25) is 9.78 Å². The molecule has 1 atom stereocenters. The number of carbonyl (C=O) groups excluding carboxylic acids is 1. The second-order valence-electron chi connectivity index (χ2n) is 7.44. The van der Waals surface area contributed by atoms with Crippen molar-refractivity contribution in [1.82, 2.24) is 24.9 Å². The van der Waals surface area contributed by atoms with E-state index in [1.165, 1.54) is 18.3 Å². The molecule has 30 heavy (non-hydrogen) atoms. The molecular formula is C22H23N5O3. The number of carboxylic acids is 1. The number of pyridine rings is 1. The van der Waals surface area contributed by atoms with Crippen molar-refractivity contribution in [2.24, 2.45) is 0 Å². The highest BCUT2D eigenvalue weighted by atomic mass is 16.4. The predicted octanol–water partition coefficient (Wildman–Crippen LogP) is 2.83. The zero-order valence-electron chi connectivity index (χ0n) is 16.5. The van der Waals surface area contributed by atoms with Crippen molar-refractivity contribution in [1.29, 1.82) is 0 Å². The predicted molar refractivity (Wildman–Crippen MR) is 110 cm³/mol. The lowest BCUT2D eigenvalue weighted by Gasteiger charge is -2.32. The van der Waals surface area contributed by atoms with E-state index < -0.39 is 5.97 Å². The van der Waals surface area contributed by atoms with Crippen molar-refractivity contribution >= 4 is 11.9 Å². The van der Waals surface area contributed by atoms with Crippen molar-refractivity contribution in [2.45, 2.75) is 31.7 Å². The van der Waals surface area contributed by atoms with Gasteiger partial charge in [0.2, 0.25) is 5.91 Å². The van der Waals surface area contributed by atoms with Crippen molar-refractivity contribution < 1.29 is 14.7 Å². The molecule has 0 aliphatic carbocycles. The van der Waals surface area contributed by atoms with Crippen LogP contribution in [0.5, 0.6) is 0 Å². The lowest BCUT2D eigenvalue weighted by molar-refractivity contribution is -0.132. The number of piperidine rings is 1. The van der Waals surface area contributed by atoms with Crippen LogP contribution in [0.1, 0.15) is 41.2 Å². The smallest absolute Gasteiger partial charge is 0.335 e. The Hall–Kier alpha value is -3.55. The van der Waals surface area contributed by atoms with Gasteiger partial charge < -0.3 is 10.0 Å². The summed E-state index contributed by atoms with van der Waals surface area (Å²) in [6.45, 7) is 1.35. The van der Waals surface area contributed by atoms with E-state index in [-0.39, 0.29) is 17.5 Å². The fourth-order valence-corrected chi connectivity index (χ4v) is 3.73. The van der Waals surface area contributed by atoms with Crippen molar-refractivity contribution in [3.05, 3.63) is 66.0 Å². The lowest BCUT2D eigenvalue weighted by atomic mass is 10.0. The van der Waals surface area contributed by atoms with Crippen LogP contribution in [0, 0.1) is 0 Å². The van der Waals surface area contributed by atoms with Gasteiger partial charge in [0.05, 0.1) is 23.5 Å². The monoisotopic (exact) mass is 405 g/mol. The van der Waals surface area contributed by atoms with E-state index in [0.29, 0.717) is 24.4 Å². The maximum Gasteiger partial charge on any atom is 0.335 e. The molecule has 4 rings (SSSR count). The van der Waals surface area contributed by atoms with Gasteiger partial charge in [-0.15, -0.1) is 5.10 Å². The summed E-state index contributed by atoms with van der Waals surface area (Å²) in [5.74, 6) is -0.859. The number of amides is 1. The van der Waals surface area contributed by atoms with Crippen LogP contribution in [-0.2, 0) is 11.2 Å². The zero-order chi connectivity index (χ0) is 20.9. The lowest BCUT2D eigenvalue weighted by Crippen LogP contribution is -2.41. The van der Waals surface area contributed by atoms with Crippen molar-refractivity contribution in [3.8, 4) is 11.4 Å². The number of carbonyl (C=O) groups is 2. The molecule has 3 aromatic rings. The van der Waals surface area contributed by atoms with Crippen LogP contribution in [0.4, 0.5) is 0 Å². The second-order valence-corrected chi connectivity index (χ2v) is 7.44. The van der Waals surface area contributed by atoms with Gasteiger partial charge in [-0.1, -0.05) is 35.5 Å². The number of aromatic carboxylic acids is 1. The molecule has 2 aromatic heterocycles. The Morgan fingerprint density at radius 3 is 2.77 bits per heavy atom. The Morgan fingerprint density at radius 1 is 1.13 bits per heavy atom. The highest BCUT2D eigenvalue weighted by Gasteiger charge is 2.25. The first-order valence-corrected chi connectivity index (χ1v) is 10.0. The molecule has 1 aliphatic rings. The van der Waals surface area contributed by atoms with Gasteiger partial charge in [-0.2, -0.15) is 0 Å². The standard InChI is InChI=1S/C22H23N5O3/c28-21(9-8-16-5-2-1-3-6-16)26-12-4-7-18(14-26)27-15-20(24-25-27)19-13-17(22(29)30)10-11-23-19/h1-3,5-6,10-11,13,15,18H,4,7-9,12,14H2,(H,29,30). The van der Waals surface area contributed by atoms with Gasteiger partial charge in [0.25, 0.3) is 0 Å². The Bertz CT molecular complexity index is 1030. The van der Waals surface area contributed by atoms with Crippen LogP contribution in [0.3, 0.4) is 0 Å². The van der Waals surface area contributed by atoms with E-state index in [2.05, 4.69) is 15.3 Å². The molecule has 1 amide bonds. The average molecular weight is 405 g/mol. The number of hydrogen-bond donors (Lipinski definition) is 1. The molecule has 1 unspecified atom stereocenters. The largest absolute Gasteiger partial charge is 0.478 e. The third-order valence-corrected chi connectivity index (χ3v) is 5.37. The molecule has 8 heteroatoms. The topological polar surface area (TPSA) is 101 Å². The van der Waals surface area contributed by atoms with Gasteiger partial charge >= 0.3 is 5.97 Å². The maximum absolute atomic E-state index is 12.7. The fraction of sp³-hybridized carbons (Fsp3) is 0.318. The summed E-state index contributed by atoms with van der Waals surface area (Å²) in [7, 11) is 0. The SMILES string of the molecule is O=C(O)c1ccnc(-c2cn(C3CCCN(C(=O)CCc4ccccc4)C3)nn2)c1. The van der Waals surface area contributed by atoms with E-state index >= 15 is 0 Å². The molecule has 1 fully saturated rings. The molecule has 1 aliphatic heterocycles. The summed E-state index contributed by atoms with van der Waals surface area (Å²) in [4.78, 5) is 30.0. The van der Waals surface area contributed by atoms with E-state index in [9.17, 15) is 9.59 Å². The molecule has 0 spiro atoms. The van der Waals surface area contributed by atoms with E-state index in [4.69, 9.17) is 5.11 Å². The average Bonchev–Trinajstić information content (AvgIpc) is 3.29. The summed E-state index contributed by atoms with van der Waals surface area (Å²) in [6, 6.07) is 13.0. The third kappa shape index (κ3) is 4.53. The van der Waals surface area contributed by atoms with E-state index in [1.54, 1.807) is 10.9 Å². The number of aryl methyl sites for hydroxylation is 1. The van der Waals surface area contributed by atoms with Crippen LogP contribution in [0.15, 0.2) is 54.9 Å². The fourth-order valence-electron chi connectivity index (χ4n) is 3.73. The second kappa shape index (κ2) is 8.86. The third-order valence-electron chi connectivity index (χ3n) is 5.37. The number of nitrogens with zero attached hydrogens (tertiary/aromatic N) is 5. The molecule has 1 N–H and O–H groups in total. The molecule has 0 radical (unpaired) electrons. The van der Waals surface area contributed by atoms with E-state index in [0.717, 1.165) is 31.4 Å². The number of carboxylic acid groups (broad SMARTS) is 1.